The molecule has 1 aromatic carbocycles. The van der Waals surface area contributed by atoms with Crippen molar-refractivity contribution >= 4 is 0 Å². The van der Waals surface area contributed by atoms with E-state index in [-0.39, 0.29) is 11.9 Å². The summed E-state index contributed by atoms with van der Waals surface area (Å²) in [6.07, 6.45) is 5.94. The van der Waals surface area contributed by atoms with Crippen molar-refractivity contribution < 1.29 is 9.13 Å². The first-order valence-electron chi connectivity index (χ1n) is 6.92. The van der Waals surface area contributed by atoms with E-state index >= 15 is 0 Å². The second-order valence-electron chi connectivity index (χ2n) is 5.41. The highest BCUT2D eigenvalue weighted by atomic mass is 19.1. The molecule has 0 N–H and O–H groups in total. The highest BCUT2D eigenvalue weighted by Crippen LogP contribution is 2.39. The summed E-state index contributed by atoms with van der Waals surface area (Å²) in [5.41, 5.74) is 2.53. The van der Waals surface area contributed by atoms with Crippen LogP contribution in [0.5, 0.6) is 5.75 Å². The molecule has 0 aliphatic heterocycles. The van der Waals surface area contributed by atoms with Crippen molar-refractivity contribution in [3.8, 4) is 17.0 Å². The molecule has 1 aliphatic carbocycles. The zero-order valence-electron chi connectivity index (χ0n) is 11.6. The van der Waals surface area contributed by atoms with Gasteiger partial charge < -0.3 is 4.74 Å². The van der Waals surface area contributed by atoms with Crippen LogP contribution in [0, 0.1) is 5.82 Å². The quantitative estimate of drug-likeness (QED) is 0.845. The van der Waals surface area contributed by atoms with Gasteiger partial charge in [0.05, 0.1) is 23.7 Å². The molecule has 1 aliphatic rings. The summed E-state index contributed by atoms with van der Waals surface area (Å²) in [6, 6.07) is 4.50. The normalized spacial score (nSPS) is 14.6. The van der Waals surface area contributed by atoms with E-state index in [1.807, 2.05) is 20.0 Å². The van der Waals surface area contributed by atoms with Gasteiger partial charge in [-0.2, -0.15) is 0 Å². The lowest BCUT2D eigenvalue weighted by Crippen LogP contribution is -2.07. The van der Waals surface area contributed by atoms with Crippen molar-refractivity contribution in [2.24, 2.45) is 0 Å². The lowest BCUT2D eigenvalue weighted by molar-refractivity contribution is 0.242. The predicted octanol–water partition coefficient (Wildman–Crippen LogP) is 3.95. The Hall–Kier alpha value is -1.97. The van der Waals surface area contributed by atoms with Gasteiger partial charge >= 0.3 is 0 Å². The van der Waals surface area contributed by atoms with Crippen LogP contribution in [0.2, 0.25) is 0 Å². The fraction of sp³-hybridized carbons (Fsp3) is 0.375. The predicted molar refractivity (Wildman–Crippen MR) is 75.2 cm³/mol. The van der Waals surface area contributed by atoms with E-state index in [0.717, 1.165) is 11.3 Å². The minimum absolute atomic E-state index is 0.0192. The minimum Gasteiger partial charge on any atom is -0.490 e. The van der Waals surface area contributed by atoms with Crippen LogP contribution in [-0.2, 0) is 0 Å². The molecule has 2 aromatic rings. The van der Waals surface area contributed by atoms with Crippen molar-refractivity contribution in [3.05, 3.63) is 42.1 Å². The average Bonchev–Trinajstić information content (AvgIpc) is 3.23. The molecule has 3 rings (SSSR count). The molecule has 3 nitrogen and oxygen atoms in total. The highest BCUT2D eigenvalue weighted by molar-refractivity contribution is 5.66. The van der Waals surface area contributed by atoms with E-state index in [1.54, 1.807) is 12.3 Å². The van der Waals surface area contributed by atoms with Gasteiger partial charge in [0.2, 0.25) is 0 Å². The number of aromatic nitrogens is 2. The van der Waals surface area contributed by atoms with E-state index in [9.17, 15) is 4.39 Å². The molecule has 0 amide bonds. The van der Waals surface area contributed by atoms with Gasteiger partial charge in [0, 0.05) is 23.7 Å². The largest absolute Gasteiger partial charge is 0.490 e. The van der Waals surface area contributed by atoms with Crippen molar-refractivity contribution in [2.45, 2.75) is 38.7 Å². The van der Waals surface area contributed by atoms with Crippen LogP contribution in [0.4, 0.5) is 4.39 Å². The first-order chi connectivity index (χ1) is 9.63. The van der Waals surface area contributed by atoms with Crippen molar-refractivity contribution in [2.75, 3.05) is 0 Å². The van der Waals surface area contributed by atoms with Crippen molar-refractivity contribution in [1.29, 1.82) is 0 Å². The maximum atomic E-state index is 13.4. The summed E-state index contributed by atoms with van der Waals surface area (Å²) in [7, 11) is 0. The molecule has 0 atom stereocenters. The van der Waals surface area contributed by atoms with Crippen LogP contribution >= 0.6 is 0 Å². The third-order valence-electron chi connectivity index (χ3n) is 3.25. The summed E-state index contributed by atoms with van der Waals surface area (Å²) in [5, 5.41) is 0. The molecule has 0 saturated heterocycles. The summed E-state index contributed by atoms with van der Waals surface area (Å²) in [6.45, 7) is 3.83. The number of nitrogens with zero attached hydrogens (tertiary/aromatic N) is 2. The van der Waals surface area contributed by atoms with Crippen LogP contribution in [0.3, 0.4) is 0 Å². The molecule has 4 heteroatoms. The molecular weight excluding hydrogens is 255 g/mol. The summed E-state index contributed by atoms with van der Waals surface area (Å²) in [5.74, 6) is 0.775. The topological polar surface area (TPSA) is 35.0 Å². The monoisotopic (exact) mass is 272 g/mol. The van der Waals surface area contributed by atoms with Gasteiger partial charge in [0.15, 0.2) is 0 Å². The Morgan fingerprint density at radius 1 is 1.20 bits per heavy atom. The van der Waals surface area contributed by atoms with Gasteiger partial charge in [0.25, 0.3) is 0 Å². The van der Waals surface area contributed by atoms with Crippen LogP contribution in [0.15, 0.2) is 30.6 Å². The van der Waals surface area contributed by atoms with Gasteiger partial charge in [-0.3, -0.25) is 9.97 Å². The zero-order chi connectivity index (χ0) is 14.1. The molecular formula is C16H17FN2O. The Morgan fingerprint density at radius 2 is 2.00 bits per heavy atom. The number of rotatable bonds is 4. The fourth-order valence-electron chi connectivity index (χ4n) is 2.13. The zero-order valence-corrected chi connectivity index (χ0v) is 11.6. The van der Waals surface area contributed by atoms with E-state index in [0.29, 0.717) is 17.4 Å². The standard InChI is InChI=1S/C16H17FN2O/c1-10(2)20-16-7-12(17)5-6-13(16)15-9-18-14(8-19-15)11-3-4-11/h5-11H,3-4H2,1-2H3. The van der Waals surface area contributed by atoms with Crippen LogP contribution in [0.1, 0.15) is 38.3 Å². The number of hydrogen-bond donors (Lipinski definition) is 0. The molecule has 1 fully saturated rings. The van der Waals surface area contributed by atoms with Gasteiger partial charge in [-0.05, 0) is 38.8 Å². The maximum Gasteiger partial charge on any atom is 0.132 e. The number of halogens is 1. The van der Waals surface area contributed by atoms with E-state index in [1.165, 1.54) is 25.0 Å². The van der Waals surface area contributed by atoms with Gasteiger partial charge in [-0.25, -0.2) is 4.39 Å². The van der Waals surface area contributed by atoms with Crippen molar-refractivity contribution in [3.63, 3.8) is 0 Å². The molecule has 104 valence electrons. The van der Waals surface area contributed by atoms with Crippen LogP contribution < -0.4 is 4.74 Å². The fourth-order valence-corrected chi connectivity index (χ4v) is 2.13. The molecule has 1 heterocycles. The number of ether oxygens (including phenoxy) is 1. The number of benzene rings is 1. The Bertz CT molecular complexity index is 606. The molecule has 1 aromatic heterocycles. The Balaban J connectivity index is 1.95. The van der Waals surface area contributed by atoms with E-state index < -0.39 is 0 Å². The van der Waals surface area contributed by atoms with Gasteiger partial charge in [-0.1, -0.05) is 0 Å². The second-order valence-corrected chi connectivity index (χ2v) is 5.41. The first-order valence-corrected chi connectivity index (χ1v) is 6.92. The SMILES string of the molecule is CC(C)Oc1cc(F)ccc1-c1cnc(C2CC2)cn1. The number of hydrogen-bond acceptors (Lipinski definition) is 3. The third-order valence-corrected chi connectivity index (χ3v) is 3.25. The lowest BCUT2D eigenvalue weighted by atomic mass is 10.1. The molecule has 20 heavy (non-hydrogen) atoms. The van der Waals surface area contributed by atoms with Crippen LogP contribution in [-0.4, -0.2) is 16.1 Å². The van der Waals surface area contributed by atoms with Gasteiger partial charge in [0.1, 0.15) is 11.6 Å². The molecule has 1 saturated carbocycles. The smallest absolute Gasteiger partial charge is 0.132 e. The van der Waals surface area contributed by atoms with Crippen LogP contribution in [0.25, 0.3) is 11.3 Å². The maximum absolute atomic E-state index is 13.4. The molecule has 0 radical (unpaired) electrons. The first kappa shape index (κ1) is 13.0. The Morgan fingerprint density at radius 3 is 2.60 bits per heavy atom. The summed E-state index contributed by atoms with van der Waals surface area (Å²) < 4.78 is 19.0. The second kappa shape index (κ2) is 5.19. The van der Waals surface area contributed by atoms with Gasteiger partial charge in [-0.15, -0.1) is 0 Å². The van der Waals surface area contributed by atoms with E-state index in [4.69, 9.17) is 4.74 Å². The highest BCUT2D eigenvalue weighted by Gasteiger charge is 2.25. The van der Waals surface area contributed by atoms with Crippen molar-refractivity contribution in [1.82, 2.24) is 9.97 Å². The van der Waals surface area contributed by atoms with E-state index in [2.05, 4.69) is 9.97 Å². The molecule has 0 spiro atoms. The summed E-state index contributed by atoms with van der Waals surface area (Å²) >= 11 is 0. The average molecular weight is 272 g/mol. The summed E-state index contributed by atoms with van der Waals surface area (Å²) in [4.78, 5) is 8.89. The third kappa shape index (κ3) is 2.79. The molecule has 0 unspecified atom stereocenters. The molecule has 0 bridgehead atoms. The lowest BCUT2D eigenvalue weighted by Gasteiger charge is -2.14. The Kier molecular flexibility index (Phi) is 3.38. The Labute approximate surface area is 117 Å². The minimum atomic E-state index is -0.313.